The lowest BCUT2D eigenvalue weighted by atomic mass is 9.85. The van der Waals surface area contributed by atoms with Crippen LogP contribution in [-0.4, -0.2) is 49.4 Å². The van der Waals surface area contributed by atoms with Gasteiger partial charge in [-0.1, -0.05) is 48.9 Å². The van der Waals surface area contributed by atoms with Crippen LogP contribution >= 0.6 is 24.0 Å². The molecule has 5 unspecified atom stereocenters. The summed E-state index contributed by atoms with van der Waals surface area (Å²) in [5.41, 5.74) is 2.53. The number of nitrogens with one attached hydrogen (secondary N) is 2. The quantitative estimate of drug-likeness (QED) is 0.198. The van der Waals surface area contributed by atoms with Crippen molar-refractivity contribution in [2.75, 3.05) is 26.7 Å². The van der Waals surface area contributed by atoms with Crippen molar-refractivity contribution in [3.8, 4) is 0 Å². The van der Waals surface area contributed by atoms with Gasteiger partial charge < -0.3 is 10.6 Å². The average molecular weight is 522 g/mol. The Kier molecular flexibility index (Phi) is 7.21. The van der Waals surface area contributed by atoms with Crippen molar-refractivity contribution < 1.29 is 9.59 Å². The van der Waals surface area contributed by atoms with Gasteiger partial charge in [0.2, 0.25) is 11.8 Å². The van der Waals surface area contributed by atoms with Crippen molar-refractivity contribution in [1.82, 2.24) is 15.5 Å². The lowest BCUT2D eigenvalue weighted by molar-refractivity contribution is -0.140. The first-order valence-corrected chi connectivity index (χ1v) is 10.5. The molecule has 1 aromatic carbocycles. The molecule has 2 amide bonds. The second kappa shape index (κ2) is 9.49. The van der Waals surface area contributed by atoms with E-state index < -0.39 is 0 Å². The van der Waals surface area contributed by atoms with E-state index >= 15 is 0 Å². The monoisotopic (exact) mass is 522 g/mol. The normalized spacial score (nSPS) is 27.8. The first-order chi connectivity index (χ1) is 14.0. The van der Waals surface area contributed by atoms with Crippen molar-refractivity contribution >= 4 is 41.8 Å². The van der Waals surface area contributed by atoms with Crippen LogP contribution in [0, 0.1) is 30.6 Å². The molecule has 0 spiro atoms. The number of allylic oxidation sites excluding steroid dienone is 2. The Morgan fingerprint density at radius 2 is 1.70 bits per heavy atom. The fraction of sp³-hybridized carbons (Fsp3) is 0.522. The molecule has 3 aliphatic rings. The van der Waals surface area contributed by atoms with Crippen molar-refractivity contribution in [3.05, 3.63) is 47.5 Å². The number of hydrogen-bond donors (Lipinski definition) is 2. The molecule has 1 saturated carbocycles. The van der Waals surface area contributed by atoms with Crippen molar-refractivity contribution in [3.63, 3.8) is 0 Å². The molecule has 2 fully saturated rings. The summed E-state index contributed by atoms with van der Waals surface area (Å²) in [7, 11) is 1.73. The molecule has 4 rings (SSSR count). The van der Waals surface area contributed by atoms with Crippen LogP contribution in [0.5, 0.6) is 0 Å². The van der Waals surface area contributed by atoms with Gasteiger partial charge in [-0.2, -0.15) is 0 Å². The third kappa shape index (κ3) is 4.26. The molecular formula is C23H31IN4O2. The topological polar surface area (TPSA) is 73.8 Å². The van der Waals surface area contributed by atoms with Crippen LogP contribution in [0.1, 0.15) is 30.4 Å². The number of guanidine groups is 1. The number of benzene rings is 1. The highest BCUT2D eigenvalue weighted by Gasteiger charge is 2.58. The molecule has 1 aromatic rings. The van der Waals surface area contributed by atoms with Crippen molar-refractivity contribution in [2.24, 2.45) is 28.7 Å². The zero-order valence-corrected chi connectivity index (χ0v) is 20.1. The molecule has 0 radical (unpaired) electrons. The second-order valence-corrected chi connectivity index (χ2v) is 8.52. The SMILES string of the molecule is CN=C(NCCN1C(=O)C2C3C=CC(C3)C2C1=O)NCC(C)c1ccc(C)cc1.I. The summed E-state index contributed by atoms with van der Waals surface area (Å²) in [6, 6.07) is 8.56. The number of rotatable bonds is 6. The van der Waals surface area contributed by atoms with Crippen LogP contribution in [-0.2, 0) is 9.59 Å². The molecular weight excluding hydrogens is 491 g/mol. The number of amides is 2. The summed E-state index contributed by atoms with van der Waals surface area (Å²) in [6.45, 7) is 5.90. The van der Waals surface area contributed by atoms with Gasteiger partial charge in [0.25, 0.3) is 0 Å². The Labute approximate surface area is 195 Å². The minimum Gasteiger partial charge on any atom is -0.356 e. The average Bonchev–Trinajstić information content (AvgIpc) is 3.40. The van der Waals surface area contributed by atoms with Crippen LogP contribution in [0.25, 0.3) is 0 Å². The van der Waals surface area contributed by atoms with Crippen molar-refractivity contribution in [1.29, 1.82) is 0 Å². The number of halogens is 1. The first-order valence-electron chi connectivity index (χ1n) is 10.5. The lowest BCUT2D eigenvalue weighted by Gasteiger charge is -2.20. The van der Waals surface area contributed by atoms with E-state index in [-0.39, 0.29) is 59.5 Å². The molecule has 2 N–H and O–H groups in total. The largest absolute Gasteiger partial charge is 0.356 e. The molecule has 2 aliphatic carbocycles. The van der Waals surface area contributed by atoms with Crippen LogP contribution in [0.15, 0.2) is 41.4 Å². The molecule has 30 heavy (non-hydrogen) atoms. The summed E-state index contributed by atoms with van der Waals surface area (Å²) in [4.78, 5) is 31.2. The van der Waals surface area contributed by atoms with Crippen LogP contribution in [0.4, 0.5) is 0 Å². The van der Waals surface area contributed by atoms with Gasteiger partial charge in [-0.3, -0.25) is 19.5 Å². The molecule has 6 nitrogen and oxygen atoms in total. The Morgan fingerprint density at radius 3 is 2.27 bits per heavy atom. The lowest BCUT2D eigenvalue weighted by Crippen LogP contribution is -2.44. The second-order valence-electron chi connectivity index (χ2n) is 8.52. The van der Waals surface area contributed by atoms with E-state index in [0.717, 1.165) is 13.0 Å². The van der Waals surface area contributed by atoms with Gasteiger partial charge in [-0.25, -0.2) is 0 Å². The van der Waals surface area contributed by atoms with E-state index in [1.807, 2.05) is 0 Å². The van der Waals surface area contributed by atoms with Gasteiger partial charge in [0.1, 0.15) is 0 Å². The third-order valence-corrected chi connectivity index (χ3v) is 6.64. The van der Waals surface area contributed by atoms with E-state index in [2.05, 4.69) is 65.9 Å². The van der Waals surface area contributed by atoms with Gasteiger partial charge in [0, 0.05) is 26.7 Å². The minimum atomic E-state index is -0.120. The van der Waals surface area contributed by atoms with Gasteiger partial charge >= 0.3 is 0 Å². The predicted molar refractivity (Wildman–Crippen MR) is 129 cm³/mol. The number of hydrogen-bond acceptors (Lipinski definition) is 3. The highest BCUT2D eigenvalue weighted by Crippen LogP contribution is 2.52. The van der Waals surface area contributed by atoms with E-state index in [1.54, 1.807) is 7.05 Å². The van der Waals surface area contributed by atoms with Crippen LogP contribution in [0.3, 0.4) is 0 Å². The predicted octanol–water partition coefficient (Wildman–Crippen LogP) is 2.69. The van der Waals surface area contributed by atoms with Gasteiger partial charge in [-0.05, 0) is 36.7 Å². The Hall–Kier alpha value is -1.90. The van der Waals surface area contributed by atoms with Crippen LogP contribution < -0.4 is 10.6 Å². The fourth-order valence-corrected chi connectivity index (χ4v) is 4.95. The molecule has 7 heteroatoms. The minimum absolute atomic E-state index is 0. The first kappa shape index (κ1) is 22.8. The molecule has 1 saturated heterocycles. The summed E-state index contributed by atoms with van der Waals surface area (Å²) in [5, 5.41) is 6.57. The smallest absolute Gasteiger partial charge is 0.233 e. The summed E-state index contributed by atoms with van der Waals surface area (Å²) in [5.74, 6) is 1.33. The maximum absolute atomic E-state index is 12.7. The Morgan fingerprint density at radius 1 is 1.10 bits per heavy atom. The number of nitrogens with zero attached hydrogens (tertiary/aromatic N) is 2. The standard InChI is InChI=1S/C23H30N4O2.HI/c1-14-4-6-16(7-5-14)15(2)13-26-23(24-3)25-10-11-27-21(28)19-17-8-9-18(12-17)20(19)22(27)29;/h4-9,15,17-20H,10-13H2,1-3H3,(H2,24,25,26);1H. The molecule has 1 heterocycles. The summed E-state index contributed by atoms with van der Waals surface area (Å²) < 4.78 is 0. The van der Waals surface area contributed by atoms with Crippen LogP contribution in [0.2, 0.25) is 0 Å². The van der Waals surface area contributed by atoms with E-state index in [9.17, 15) is 9.59 Å². The highest BCUT2D eigenvalue weighted by molar-refractivity contribution is 14.0. The fourth-order valence-electron chi connectivity index (χ4n) is 4.95. The maximum atomic E-state index is 12.7. The summed E-state index contributed by atoms with van der Waals surface area (Å²) >= 11 is 0. The number of carbonyl (C=O) groups is 2. The number of likely N-dealkylation sites (tertiary alicyclic amines) is 1. The summed E-state index contributed by atoms with van der Waals surface area (Å²) in [6.07, 6.45) is 5.22. The molecule has 2 bridgehead atoms. The Bertz CT molecular complexity index is 821. The van der Waals surface area contributed by atoms with Gasteiger partial charge in [-0.15, -0.1) is 24.0 Å². The number of imide groups is 1. The molecule has 0 aromatic heterocycles. The molecule has 1 aliphatic heterocycles. The zero-order chi connectivity index (χ0) is 20.5. The number of aryl methyl sites for hydroxylation is 1. The number of fused-ring (bicyclic) bond motifs is 5. The van der Waals surface area contributed by atoms with E-state index in [0.29, 0.717) is 25.0 Å². The molecule has 5 atom stereocenters. The zero-order valence-electron chi connectivity index (χ0n) is 17.8. The Balaban J connectivity index is 0.00000256. The van der Waals surface area contributed by atoms with E-state index in [1.165, 1.54) is 16.0 Å². The van der Waals surface area contributed by atoms with Crippen molar-refractivity contribution in [2.45, 2.75) is 26.2 Å². The van der Waals surface area contributed by atoms with Gasteiger partial charge in [0.05, 0.1) is 11.8 Å². The number of aliphatic imine (C=N–C) groups is 1. The number of carbonyl (C=O) groups excluding carboxylic acids is 2. The maximum Gasteiger partial charge on any atom is 0.233 e. The molecule has 162 valence electrons. The van der Waals surface area contributed by atoms with E-state index in [4.69, 9.17) is 0 Å². The van der Waals surface area contributed by atoms with Gasteiger partial charge in [0.15, 0.2) is 5.96 Å². The third-order valence-electron chi connectivity index (χ3n) is 6.64. The highest BCUT2D eigenvalue weighted by atomic mass is 127.